The van der Waals surface area contributed by atoms with Crippen molar-refractivity contribution in [2.75, 3.05) is 4.43 Å². The first-order valence-electron chi connectivity index (χ1n) is 12.0. The summed E-state index contributed by atoms with van der Waals surface area (Å²) in [5.74, 6) is -1.74. The van der Waals surface area contributed by atoms with Crippen molar-refractivity contribution >= 4 is 40.1 Å². The van der Waals surface area contributed by atoms with Crippen LogP contribution in [-0.4, -0.2) is 44.4 Å². The highest BCUT2D eigenvalue weighted by Gasteiger charge is 2.77. The zero-order valence-corrected chi connectivity index (χ0v) is 22.0. The predicted octanol–water partition coefficient (Wildman–Crippen LogP) is 4.69. The minimum absolute atomic E-state index is 0.0292. The Labute approximate surface area is 208 Å². The number of halogens is 2. The monoisotopic (exact) mass is 572 g/mol. The molecule has 4 aliphatic rings. The van der Waals surface area contributed by atoms with Crippen LogP contribution in [0.2, 0.25) is 0 Å². The minimum Gasteiger partial charge on any atom is -0.450 e. The van der Waals surface area contributed by atoms with Crippen molar-refractivity contribution in [2.24, 2.45) is 28.6 Å². The summed E-state index contributed by atoms with van der Waals surface area (Å²) in [5.41, 5.74) is -4.56. The quantitative estimate of drug-likeness (QED) is 0.294. The van der Waals surface area contributed by atoms with Crippen LogP contribution in [0.15, 0.2) is 23.8 Å². The molecule has 0 radical (unpaired) electrons. The third kappa shape index (κ3) is 3.13. The number of ketones is 2. The highest BCUT2D eigenvalue weighted by atomic mass is 127. The molecule has 0 aromatic heterocycles. The predicted molar refractivity (Wildman–Crippen MR) is 131 cm³/mol. The van der Waals surface area contributed by atoms with Crippen molar-refractivity contribution in [3.05, 3.63) is 23.8 Å². The number of aliphatic hydroxyl groups is 1. The fourth-order valence-electron chi connectivity index (χ4n) is 7.93. The number of carbonyl (C=O) groups excluding carboxylic acids is 3. The van der Waals surface area contributed by atoms with Gasteiger partial charge in [0.1, 0.15) is 0 Å². The van der Waals surface area contributed by atoms with Crippen LogP contribution in [0.1, 0.15) is 66.2 Å². The fourth-order valence-corrected chi connectivity index (χ4v) is 8.50. The summed E-state index contributed by atoms with van der Waals surface area (Å²) in [6.07, 6.45) is 5.67. The van der Waals surface area contributed by atoms with E-state index in [1.807, 2.05) is 43.4 Å². The first kappa shape index (κ1) is 25.0. The van der Waals surface area contributed by atoms with E-state index in [0.29, 0.717) is 25.7 Å². The lowest BCUT2D eigenvalue weighted by atomic mass is 9.44. The van der Waals surface area contributed by atoms with Gasteiger partial charge in [0, 0.05) is 29.1 Å². The van der Waals surface area contributed by atoms with Crippen molar-refractivity contribution in [2.45, 2.75) is 83.6 Å². The number of ether oxygens (including phenoxy) is 1. The standard InChI is InChI=1S/C26H34FIO5/c1-5-6-22(32)33-26(21(31)14-28)15(2)11-19-18-8-7-16-12-17(29)9-10-23(16,3)25(18,27)20(30)13-24(19,26)4/h9-10,12,15,18-20,30H,5-8,11,13-14H2,1-4H3/t15-,18-,19-,20-,23-,24-,25-,26-/m0/s1. The molecule has 0 spiro atoms. The molecule has 0 amide bonds. The number of carbonyl (C=O) groups is 3. The van der Waals surface area contributed by atoms with Gasteiger partial charge in [-0.1, -0.05) is 55.0 Å². The van der Waals surface area contributed by atoms with Crippen molar-refractivity contribution in [1.82, 2.24) is 0 Å². The number of fused-ring (bicyclic) bond motifs is 5. The molecule has 7 heteroatoms. The Morgan fingerprint density at radius 1 is 1.30 bits per heavy atom. The topological polar surface area (TPSA) is 80.7 Å². The number of hydrogen-bond acceptors (Lipinski definition) is 5. The number of hydrogen-bond donors (Lipinski definition) is 1. The number of alkyl halides is 2. The zero-order chi connectivity index (χ0) is 24.4. The molecule has 0 aromatic rings. The minimum atomic E-state index is -1.96. The fraction of sp³-hybridized carbons (Fsp3) is 0.731. The molecule has 5 nitrogen and oxygen atoms in total. The summed E-state index contributed by atoms with van der Waals surface area (Å²) >= 11 is 2.01. The zero-order valence-electron chi connectivity index (χ0n) is 19.8. The molecule has 182 valence electrons. The van der Waals surface area contributed by atoms with E-state index in [9.17, 15) is 19.5 Å². The van der Waals surface area contributed by atoms with Gasteiger partial charge in [-0.05, 0) is 57.1 Å². The van der Waals surface area contributed by atoms with E-state index in [-0.39, 0.29) is 40.7 Å². The van der Waals surface area contributed by atoms with Gasteiger partial charge in [-0.2, -0.15) is 0 Å². The second kappa shape index (κ2) is 8.25. The average Bonchev–Trinajstić information content (AvgIpc) is 2.97. The van der Waals surface area contributed by atoms with Gasteiger partial charge in [0.15, 0.2) is 22.8 Å². The summed E-state index contributed by atoms with van der Waals surface area (Å²) in [5, 5.41) is 11.5. The van der Waals surface area contributed by atoms with E-state index in [1.54, 1.807) is 13.0 Å². The van der Waals surface area contributed by atoms with Crippen LogP contribution in [0, 0.1) is 28.6 Å². The Morgan fingerprint density at radius 2 is 2.00 bits per heavy atom. The number of allylic oxidation sites excluding steroid dienone is 4. The molecule has 1 N–H and O–H groups in total. The van der Waals surface area contributed by atoms with E-state index in [4.69, 9.17) is 4.74 Å². The molecular weight excluding hydrogens is 538 g/mol. The Morgan fingerprint density at radius 3 is 2.64 bits per heavy atom. The van der Waals surface area contributed by atoms with E-state index in [2.05, 4.69) is 0 Å². The summed E-state index contributed by atoms with van der Waals surface area (Å²) in [7, 11) is 0. The maximum absolute atomic E-state index is 17.3. The van der Waals surface area contributed by atoms with Crippen LogP contribution in [0.3, 0.4) is 0 Å². The highest BCUT2D eigenvalue weighted by molar-refractivity contribution is 14.1. The van der Waals surface area contributed by atoms with Crippen LogP contribution in [0.25, 0.3) is 0 Å². The Hall–Kier alpha value is -1.09. The van der Waals surface area contributed by atoms with Gasteiger partial charge in [0.25, 0.3) is 0 Å². The van der Waals surface area contributed by atoms with Gasteiger partial charge >= 0.3 is 5.97 Å². The summed E-state index contributed by atoms with van der Waals surface area (Å²) < 4.78 is 23.5. The second-order valence-electron chi connectivity index (χ2n) is 10.9. The Kier molecular flexibility index (Phi) is 6.25. The van der Waals surface area contributed by atoms with Crippen LogP contribution in [-0.2, 0) is 19.1 Å². The van der Waals surface area contributed by atoms with Crippen molar-refractivity contribution < 1.29 is 28.6 Å². The first-order chi connectivity index (χ1) is 15.4. The van der Waals surface area contributed by atoms with Crippen LogP contribution in [0.4, 0.5) is 4.39 Å². The molecule has 0 unspecified atom stereocenters. The lowest BCUT2D eigenvalue weighted by molar-refractivity contribution is -0.227. The maximum atomic E-state index is 17.3. The Balaban J connectivity index is 1.83. The van der Waals surface area contributed by atoms with Crippen LogP contribution < -0.4 is 0 Å². The lowest BCUT2D eigenvalue weighted by Gasteiger charge is -2.62. The van der Waals surface area contributed by atoms with Crippen molar-refractivity contribution in [3.8, 4) is 0 Å². The smallest absolute Gasteiger partial charge is 0.306 e. The molecule has 8 atom stereocenters. The number of rotatable bonds is 5. The molecule has 33 heavy (non-hydrogen) atoms. The largest absolute Gasteiger partial charge is 0.450 e. The van der Waals surface area contributed by atoms with Crippen LogP contribution in [0.5, 0.6) is 0 Å². The lowest BCUT2D eigenvalue weighted by Crippen LogP contribution is -2.70. The van der Waals surface area contributed by atoms with E-state index in [1.165, 1.54) is 12.2 Å². The number of esters is 1. The number of aliphatic hydroxyl groups excluding tert-OH is 1. The molecular formula is C26H34FIO5. The summed E-state index contributed by atoms with van der Waals surface area (Å²) in [6, 6.07) is 0. The molecule has 0 heterocycles. The van der Waals surface area contributed by atoms with Crippen LogP contribution >= 0.6 is 22.6 Å². The van der Waals surface area contributed by atoms with Gasteiger partial charge in [-0.3, -0.25) is 14.4 Å². The normalized spacial score (nSPS) is 46.2. The van der Waals surface area contributed by atoms with E-state index >= 15 is 4.39 Å². The van der Waals surface area contributed by atoms with Gasteiger partial charge in [-0.15, -0.1) is 0 Å². The molecule has 0 aromatic carbocycles. The second-order valence-corrected chi connectivity index (χ2v) is 11.7. The summed E-state index contributed by atoms with van der Waals surface area (Å²) in [4.78, 5) is 38.2. The molecule has 3 fully saturated rings. The van der Waals surface area contributed by atoms with Crippen molar-refractivity contribution in [1.29, 1.82) is 0 Å². The van der Waals surface area contributed by atoms with Gasteiger partial charge in [0.05, 0.1) is 10.5 Å². The highest BCUT2D eigenvalue weighted by Crippen LogP contribution is 2.71. The molecule has 0 aliphatic heterocycles. The first-order valence-corrected chi connectivity index (χ1v) is 13.6. The van der Waals surface area contributed by atoms with E-state index in [0.717, 1.165) is 5.57 Å². The summed E-state index contributed by atoms with van der Waals surface area (Å²) in [6.45, 7) is 7.51. The van der Waals surface area contributed by atoms with Gasteiger partial charge < -0.3 is 9.84 Å². The van der Waals surface area contributed by atoms with Gasteiger partial charge in [0.2, 0.25) is 0 Å². The molecule has 4 rings (SSSR count). The molecule has 0 bridgehead atoms. The van der Waals surface area contributed by atoms with E-state index < -0.39 is 40.1 Å². The molecule has 3 saturated carbocycles. The van der Waals surface area contributed by atoms with Gasteiger partial charge in [-0.25, -0.2) is 4.39 Å². The molecule has 0 saturated heterocycles. The average molecular weight is 572 g/mol. The third-order valence-corrected chi connectivity index (χ3v) is 10.1. The molecule has 4 aliphatic carbocycles. The van der Waals surface area contributed by atoms with Crippen molar-refractivity contribution in [3.63, 3.8) is 0 Å². The number of Topliss-reactive ketones (excluding diaryl/α,β-unsaturated/α-hetero) is 1. The Bertz CT molecular complexity index is 945. The maximum Gasteiger partial charge on any atom is 0.306 e. The third-order valence-electron chi connectivity index (χ3n) is 9.45. The SMILES string of the molecule is CCCC(=O)O[C@]1(C(=O)CI)[C@@H](C)C[C@H]2[C@@H]3CCC4=CC(=O)C=C[C@]4(C)[C@@]3(F)[C@@H](O)C[C@@]21C.